The molecule has 3 aromatic rings. The Bertz CT molecular complexity index is 1120. The Labute approximate surface area is 181 Å². The topological polar surface area (TPSA) is 90.5 Å². The number of hydrogen-bond donors (Lipinski definition) is 1. The molecule has 0 amide bonds. The highest BCUT2D eigenvalue weighted by molar-refractivity contribution is 5.35. The molecule has 0 aromatic carbocycles. The largest absolute Gasteiger partial charge is 0.367 e. The predicted molar refractivity (Wildman–Crippen MR) is 119 cm³/mol. The normalized spacial score (nSPS) is 21.6. The summed E-state index contributed by atoms with van der Waals surface area (Å²) in [5, 5.41) is 12.7. The monoisotopic (exact) mass is 419 g/mol. The van der Waals surface area contributed by atoms with Gasteiger partial charge in [-0.05, 0) is 70.6 Å². The van der Waals surface area contributed by atoms with Crippen molar-refractivity contribution < 1.29 is 0 Å². The first-order valence-corrected chi connectivity index (χ1v) is 11.3. The van der Waals surface area contributed by atoms with E-state index < -0.39 is 0 Å². The van der Waals surface area contributed by atoms with E-state index in [1.54, 1.807) is 21.5 Å². The van der Waals surface area contributed by atoms with Crippen LogP contribution in [0.2, 0.25) is 0 Å². The first-order chi connectivity index (χ1) is 15.1. The summed E-state index contributed by atoms with van der Waals surface area (Å²) >= 11 is 0. The number of nitrogens with zero attached hydrogens (tertiary/aromatic N) is 6. The van der Waals surface area contributed by atoms with Crippen molar-refractivity contribution in [2.75, 3.05) is 5.32 Å². The number of hydrogen-bond acceptors (Lipinski definition) is 6. The standard InChI is InChI=1S/C23H29N7O/c1-15-14-16(2)29(27-15)21-10-11-22(31)30(28-21)19-8-6-18(7-9-19)25-20-12-13-24-23(26-20)17-4-3-5-17/h10-14,17-19H,3-9H2,1-2H3,(H,24,25,26). The van der Waals surface area contributed by atoms with Crippen LogP contribution in [0.15, 0.2) is 35.3 Å². The van der Waals surface area contributed by atoms with E-state index in [1.807, 2.05) is 32.2 Å². The second-order valence-electron chi connectivity index (χ2n) is 8.89. The molecule has 0 unspecified atom stereocenters. The SMILES string of the molecule is Cc1cc(C)n(-c2ccc(=O)n(C3CCC(Nc4ccnc(C5CCC5)n4)CC3)n2)n1. The molecule has 31 heavy (non-hydrogen) atoms. The molecular weight excluding hydrogens is 390 g/mol. The van der Waals surface area contributed by atoms with Crippen LogP contribution in [0.5, 0.6) is 0 Å². The first kappa shape index (κ1) is 19.9. The van der Waals surface area contributed by atoms with Crippen molar-refractivity contribution in [3.05, 3.63) is 58.0 Å². The molecule has 8 heteroatoms. The molecule has 2 aliphatic carbocycles. The van der Waals surface area contributed by atoms with Gasteiger partial charge in [-0.15, -0.1) is 5.10 Å². The molecular formula is C23H29N7O. The highest BCUT2D eigenvalue weighted by atomic mass is 16.1. The molecule has 3 aromatic heterocycles. The Morgan fingerprint density at radius 1 is 1.00 bits per heavy atom. The average molecular weight is 420 g/mol. The van der Waals surface area contributed by atoms with Gasteiger partial charge in [0.25, 0.3) is 5.56 Å². The molecule has 162 valence electrons. The van der Waals surface area contributed by atoms with Gasteiger partial charge < -0.3 is 5.32 Å². The molecule has 0 spiro atoms. The number of anilines is 1. The Morgan fingerprint density at radius 2 is 1.81 bits per heavy atom. The fourth-order valence-electron chi connectivity index (χ4n) is 4.64. The Morgan fingerprint density at radius 3 is 2.48 bits per heavy atom. The summed E-state index contributed by atoms with van der Waals surface area (Å²) in [6.07, 6.45) is 9.32. The van der Waals surface area contributed by atoms with Gasteiger partial charge >= 0.3 is 0 Å². The van der Waals surface area contributed by atoms with Crippen molar-refractivity contribution >= 4 is 5.82 Å². The maximum Gasteiger partial charge on any atom is 0.267 e. The van der Waals surface area contributed by atoms with E-state index in [1.165, 1.54) is 19.3 Å². The molecule has 1 N–H and O–H groups in total. The van der Waals surface area contributed by atoms with E-state index in [9.17, 15) is 4.79 Å². The fourth-order valence-corrected chi connectivity index (χ4v) is 4.64. The van der Waals surface area contributed by atoms with Gasteiger partial charge in [-0.2, -0.15) is 5.10 Å². The van der Waals surface area contributed by atoms with E-state index in [0.29, 0.717) is 17.8 Å². The summed E-state index contributed by atoms with van der Waals surface area (Å²) in [4.78, 5) is 21.7. The van der Waals surface area contributed by atoms with Crippen LogP contribution in [0.1, 0.15) is 74.1 Å². The lowest BCUT2D eigenvalue weighted by Gasteiger charge is -2.30. The quantitative estimate of drug-likeness (QED) is 0.678. The van der Waals surface area contributed by atoms with E-state index in [4.69, 9.17) is 4.98 Å². The highest BCUT2D eigenvalue weighted by Gasteiger charge is 2.26. The number of rotatable bonds is 5. The molecule has 2 saturated carbocycles. The summed E-state index contributed by atoms with van der Waals surface area (Å²) in [7, 11) is 0. The van der Waals surface area contributed by atoms with Crippen LogP contribution in [0.4, 0.5) is 5.82 Å². The summed E-state index contributed by atoms with van der Waals surface area (Å²) in [5.41, 5.74) is 1.89. The van der Waals surface area contributed by atoms with Crippen LogP contribution in [0.3, 0.4) is 0 Å². The van der Waals surface area contributed by atoms with Crippen molar-refractivity contribution in [1.29, 1.82) is 0 Å². The third kappa shape index (κ3) is 4.11. The number of aromatic nitrogens is 6. The minimum absolute atomic E-state index is 0.0531. The molecule has 2 aliphatic rings. The number of aryl methyl sites for hydroxylation is 2. The average Bonchev–Trinajstić information content (AvgIpc) is 3.06. The summed E-state index contributed by atoms with van der Waals surface area (Å²) in [6.45, 7) is 3.96. The highest BCUT2D eigenvalue weighted by Crippen LogP contribution is 2.35. The Hall–Kier alpha value is -3.03. The van der Waals surface area contributed by atoms with Crippen molar-refractivity contribution in [2.24, 2.45) is 0 Å². The lowest BCUT2D eigenvalue weighted by molar-refractivity contribution is 0.302. The Balaban J connectivity index is 1.26. The van der Waals surface area contributed by atoms with Gasteiger partial charge in [0.15, 0.2) is 5.82 Å². The van der Waals surface area contributed by atoms with Gasteiger partial charge in [0.2, 0.25) is 0 Å². The summed E-state index contributed by atoms with van der Waals surface area (Å²) in [5.74, 6) is 3.11. The summed E-state index contributed by atoms with van der Waals surface area (Å²) in [6, 6.07) is 7.79. The van der Waals surface area contributed by atoms with Gasteiger partial charge in [-0.25, -0.2) is 19.3 Å². The minimum atomic E-state index is -0.0531. The maximum absolute atomic E-state index is 12.5. The molecule has 0 aliphatic heterocycles. The zero-order chi connectivity index (χ0) is 21.4. The molecule has 0 radical (unpaired) electrons. The van der Waals surface area contributed by atoms with E-state index in [-0.39, 0.29) is 11.6 Å². The van der Waals surface area contributed by atoms with Crippen LogP contribution in [0.25, 0.3) is 5.82 Å². The van der Waals surface area contributed by atoms with Crippen LogP contribution >= 0.6 is 0 Å². The molecule has 3 heterocycles. The maximum atomic E-state index is 12.5. The van der Waals surface area contributed by atoms with Crippen LogP contribution in [-0.2, 0) is 0 Å². The molecule has 2 fully saturated rings. The molecule has 0 bridgehead atoms. The predicted octanol–water partition coefficient (Wildman–Crippen LogP) is 3.70. The molecule has 5 rings (SSSR count). The molecule has 0 atom stereocenters. The summed E-state index contributed by atoms with van der Waals surface area (Å²) < 4.78 is 3.45. The zero-order valence-corrected chi connectivity index (χ0v) is 18.2. The van der Waals surface area contributed by atoms with Crippen LogP contribution in [-0.4, -0.2) is 35.6 Å². The Kier molecular flexibility index (Phi) is 5.29. The third-order valence-corrected chi connectivity index (χ3v) is 6.58. The third-order valence-electron chi connectivity index (χ3n) is 6.58. The minimum Gasteiger partial charge on any atom is -0.367 e. The van der Waals surface area contributed by atoms with Crippen molar-refractivity contribution in [1.82, 2.24) is 29.5 Å². The zero-order valence-electron chi connectivity index (χ0n) is 18.2. The van der Waals surface area contributed by atoms with E-state index in [0.717, 1.165) is 48.7 Å². The first-order valence-electron chi connectivity index (χ1n) is 11.3. The van der Waals surface area contributed by atoms with E-state index in [2.05, 4.69) is 20.5 Å². The van der Waals surface area contributed by atoms with Crippen molar-refractivity contribution in [3.63, 3.8) is 0 Å². The van der Waals surface area contributed by atoms with Crippen molar-refractivity contribution in [3.8, 4) is 5.82 Å². The number of nitrogens with one attached hydrogen (secondary N) is 1. The van der Waals surface area contributed by atoms with Gasteiger partial charge in [-0.3, -0.25) is 4.79 Å². The van der Waals surface area contributed by atoms with Gasteiger partial charge in [0, 0.05) is 29.9 Å². The van der Waals surface area contributed by atoms with Crippen molar-refractivity contribution in [2.45, 2.75) is 76.8 Å². The lowest BCUT2D eigenvalue weighted by atomic mass is 9.85. The second kappa shape index (κ2) is 8.24. The fraction of sp³-hybridized carbons (Fsp3) is 0.522. The molecule has 0 saturated heterocycles. The smallest absolute Gasteiger partial charge is 0.267 e. The van der Waals surface area contributed by atoms with E-state index >= 15 is 0 Å². The lowest BCUT2D eigenvalue weighted by Crippen LogP contribution is -2.34. The second-order valence-corrected chi connectivity index (χ2v) is 8.89. The van der Waals surface area contributed by atoms with Gasteiger partial charge in [-0.1, -0.05) is 6.42 Å². The van der Waals surface area contributed by atoms with Crippen LogP contribution in [0, 0.1) is 13.8 Å². The van der Waals surface area contributed by atoms with Gasteiger partial charge in [0.05, 0.1) is 11.7 Å². The van der Waals surface area contributed by atoms with Crippen LogP contribution < -0.4 is 10.9 Å². The van der Waals surface area contributed by atoms with Gasteiger partial charge in [0.1, 0.15) is 11.6 Å². The molecule has 8 nitrogen and oxygen atoms in total.